The minimum Gasteiger partial charge on any atom is -0.508 e. The van der Waals surface area contributed by atoms with Crippen LogP contribution >= 0.6 is 0 Å². The molecule has 0 spiro atoms. The Morgan fingerprint density at radius 2 is 1.74 bits per heavy atom. The van der Waals surface area contributed by atoms with Crippen LogP contribution in [0.2, 0.25) is 0 Å². The Kier molecular flexibility index (Phi) is 6.73. The van der Waals surface area contributed by atoms with Crippen molar-refractivity contribution in [3.05, 3.63) is 29.8 Å². The molecule has 1 saturated heterocycles. The number of rotatable bonds is 6. The second-order valence-corrected chi connectivity index (χ2v) is 6.58. The van der Waals surface area contributed by atoms with E-state index in [9.17, 15) is 35.1 Å². The van der Waals surface area contributed by atoms with Crippen LogP contribution in [0.15, 0.2) is 24.3 Å². The van der Waals surface area contributed by atoms with Gasteiger partial charge in [-0.2, -0.15) is 0 Å². The molecule has 1 aromatic carbocycles. The highest BCUT2D eigenvalue weighted by molar-refractivity contribution is 5.87. The molecule has 1 aliphatic rings. The molecule has 8 N–H and O–H groups in total. The van der Waals surface area contributed by atoms with Gasteiger partial charge in [0.25, 0.3) is 0 Å². The smallest absolute Gasteiger partial charge is 0.329 e. The van der Waals surface area contributed by atoms with E-state index >= 15 is 0 Å². The second kappa shape index (κ2) is 8.63. The van der Waals surface area contributed by atoms with Crippen molar-refractivity contribution in [2.75, 3.05) is 0 Å². The number of benzene rings is 1. The highest BCUT2D eigenvalue weighted by Crippen LogP contribution is 2.23. The molecule has 0 aliphatic carbocycles. The Labute approximate surface area is 155 Å². The van der Waals surface area contributed by atoms with Crippen LogP contribution in [0, 0.1) is 0 Å². The van der Waals surface area contributed by atoms with Crippen molar-refractivity contribution in [1.29, 1.82) is 0 Å². The first-order chi connectivity index (χ1) is 12.6. The SMILES string of the molecule is C[C@H]1O[C@@H]([C@@H](NC(=O)[C@@H](N)Cc2ccc(O)cc2)C(=O)O)[C@H](O)[C@@H](O)[C@H]1O. The van der Waals surface area contributed by atoms with Crippen LogP contribution < -0.4 is 11.1 Å². The largest absolute Gasteiger partial charge is 0.508 e. The summed E-state index contributed by atoms with van der Waals surface area (Å²) in [5, 5.41) is 50.5. The first-order valence-electron chi connectivity index (χ1n) is 8.38. The summed E-state index contributed by atoms with van der Waals surface area (Å²) in [4.78, 5) is 23.9. The lowest BCUT2D eigenvalue weighted by molar-refractivity contribution is -0.225. The lowest BCUT2D eigenvalue weighted by atomic mass is 9.91. The van der Waals surface area contributed by atoms with Crippen molar-refractivity contribution in [2.45, 2.75) is 55.9 Å². The number of aliphatic hydroxyl groups excluding tert-OH is 3. The molecule has 1 aliphatic heterocycles. The van der Waals surface area contributed by atoms with Crippen LogP contribution in [0.25, 0.3) is 0 Å². The summed E-state index contributed by atoms with van der Waals surface area (Å²) >= 11 is 0. The summed E-state index contributed by atoms with van der Waals surface area (Å²) in [7, 11) is 0. The van der Waals surface area contributed by atoms with E-state index in [-0.39, 0.29) is 12.2 Å². The molecule has 10 heteroatoms. The van der Waals surface area contributed by atoms with Crippen LogP contribution in [0.1, 0.15) is 12.5 Å². The summed E-state index contributed by atoms with van der Waals surface area (Å²) < 4.78 is 5.29. The van der Waals surface area contributed by atoms with Crippen molar-refractivity contribution >= 4 is 11.9 Å². The number of carbonyl (C=O) groups is 2. The molecule has 1 heterocycles. The molecule has 0 aromatic heterocycles. The molecular formula is C17H24N2O8. The van der Waals surface area contributed by atoms with Gasteiger partial charge in [-0.3, -0.25) is 4.79 Å². The number of carbonyl (C=O) groups excluding carboxylic acids is 1. The van der Waals surface area contributed by atoms with Crippen molar-refractivity contribution in [1.82, 2.24) is 5.32 Å². The fourth-order valence-electron chi connectivity index (χ4n) is 2.88. The Morgan fingerprint density at radius 1 is 1.15 bits per heavy atom. The number of ether oxygens (including phenoxy) is 1. The van der Waals surface area contributed by atoms with Gasteiger partial charge in [0.2, 0.25) is 5.91 Å². The zero-order valence-corrected chi connectivity index (χ0v) is 14.6. The first-order valence-corrected chi connectivity index (χ1v) is 8.38. The van der Waals surface area contributed by atoms with Gasteiger partial charge in [0.1, 0.15) is 30.2 Å². The van der Waals surface area contributed by atoms with Crippen LogP contribution in [-0.4, -0.2) is 80.0 Å². The van der Waals surface area contributed by atoms with Gasteiger partial charge in [-0.25, -0.2) is 4.79 Å². The number of carboxylic acid groups (broad SMARTS) is 1. The Morgan fingerprint density at radius 3 is 2.30 bits per heavy atom. The Bertz CT molecular complexity index is 667. The van der Waals surface area contributed by atoms with Crippen LogP contribution in [0.3, 0.4) is 0 Å². The van der Waals surface area contributed by atoms with E-state index in [2.05, 4.69) is 5.32 Å². The molecule has 0 bridgehead atoms. The number of phenols is 1. The van der Waals surface area contributed by atoms with E-state index in [4.69, 9.17) is 10.5 Å². The minimum atomic E-state index is -1.72. The molecule has 10 nitrogen and oxygen atoms in total. The maximum Gasteiger partial charge on any atom is 0.329 e. The Balaban J connectivity index is 2.07. The summed E-state index contributed by atoms with van der Waals surface area (Å²) in [6, 6.07) is 3.24. The topological polar surface area (TPSA) is 183 Å². The van der Waals surface area contributed by atoms with Gasteiger partial charge in [-0.15, -0.1) is 0 Å². The van der Waals surface area contributed by atoms with Gasteiger partial charge in [0, 0.05) is 0 Å². The number of hydrogen-bond donors (Lipinski definition) is 7. The standard InChI is InChI=1S/C17H24N2O8/c1-7-12(21)13(22)14(23)15(27-7)11(17(25)26)19-16(24)10(18)6-8-2-4-9(20)5-3-8/h2-5,7,10-15,20-23H,6,18H2,1H3,(H,19,24)(H,25,26)/t7-,10+,11-,12+,13+,14-,15+/m1/s1. The van der Waals surface area contributed by atoms with Crippen LogP contribution in [0.5, 0.6) is 5.75 Å². The van der Waals surface area contributed by atoms with Gasteiger partial charge < -0.3 is 41.3 Å². The molecule has 1 aromatic rings. The van der Waals surface area contributed by atoms with E-state index in [0.717, 1.165) is 0 Å². The van der Waals surface area contributed by atoms with Crippen molar-refractivity contribution in [3.63, 3.8) is 0 Å². The van der Waals surface area contributed by atoms with E-state index in [1.165, 1.54) is 19.1 Å². The number of hydrogen-bond acceptors (Lipinski definition) is 8. The lowest BCUT2D eigenvalue weighted by Gasteiger charge is -2.41. The fourth-order valence-corrected chi connectivity index (χ4v) is 2.88. The third-order valence-electron chi connectivity index (χ3n) is 4.51. The van der Waals surface area contributed by atoms with Crippen LogP contribution in [-0.2, 0) is 20.7 Å². The molecule has 0 radical (unpaired) electrons. The molecule has 27 heavy (non-hydrogen) atoms. The summed E-state index contributed by atoms with van der Waals surface area (Å²) in [5.74, 6) is -2.22. The average molecular weight is 384 g/mol. The maximum atomic E-state index is 12.3. The number of aliphatic carboxylic acids is 1. The Hall–Kier alpha value is -2.24. The molecular weight excluding hydrogens is 360 g/mol. The zero-order valence-electron chi connectivity index (χ0n) is 14.6. The molecule has 2 rings (SSSR count). The number of carboxylic acids is 1. The zero-order chi connectivity index (χ0) is 20.3. The summed E-state index contributed by atoms with van der Waals surface area (Å²) in [6.45, 7) is 1.41. The van der Waals surface area contributed by atoms with Gasteiger partial charge in [0.15, 0.2) is 6.04 Å². The fraction of sp³-hybridized carbons (Fsp3) is 0.529. The predicted molar refractivity (Wildman–Crippen MR) is 91.7 cm³/mol. The first kappa shape index (κ1) is 21.1. The maximum absolute atomic E-state index is 12.3. The van der Waals surface area contributed by atoms with Gasteiger partial charge >= 0.3 is 5.97 Å². The molecule has 0 unspecified atom stereocenters. The third kappa shape index (κ3) is 4.93. The lowest BCUT2D eigenvalue weighted by Crippen LogP contribution is -2.65. The van der Waals surface area contributed by atoms with Crippen molar-refractivity contribution < 1.29 is 39.9 Å². The molecule has 7 atom stereocenters. The van der Waals surface area contributed by atoms with E-state index in [1.807, 2.05) is 0 Å². The minimum absolute atomic E-state index is 0.0565. The average Bonchev–Trinajstić information content (AvgIpc) is 2.62. The summed E-state index contributed by atoms with van der Waals surface area (Å²) in [5.41, 5.74) is 6.47. The molecule has 0 saturated carbocycles. The quantitative estimate of drug-likeness (QED) is 0.283. The molecule has 1 amide bonds. The highest BCUT2D eigenvalue weighted by Gasteiger charge is 2.47. The molecule has 1 fully saturated rings. The normalized spacial score (nSPS) is 30.3. The number of amides is 1. The van der Waals surface area contributed by atoms with E-state index in [1.54, 1.807) is 12.1 Å². The predicted octanol–water partition coefficient (Wildman–Crippen LogP) is -2.30. The monoisotopic (exact) mass is 384 g/mol. The second-order valence-electron chi connectivity index (χ2n) is 6.58. The highest BCUT2D eigenvalue weighted by atomic mass is 16.5. The van der Waals surface area contributed by atoms with Crippen molar-refractivity contribution in [3.8, 4) is 5.75 Å². The van der Waals surface area contributed by atoms with Gasteiger partial charge in [-0.1, -0.05) is 12.1 Å². The number of nitrogens with two attached hydrogens (primary N) is 1. The van der Waals surface area contributed by atoms with Gasteiger partial charge in [0.05, 0.1) is 12.1 Å². The number of aromatic hydroxyl groups is 1. The number of phenolic OH excluding ortho intramolecular Hbond substituents is 1. The van der Waals surface area contributed by atoms with E-state index < -0.39 is 54.5 Å². The number of aliphatic hydroxyl groups is 3. The molecule has 150 valence electrons. The summed E-state index contributed by atoms with van der Waals surface area (Å²) in [6.07, 6.45) is -7.06. The van der Waals surface area contributed by atoms with Crippen molar-refractivity contribution in [2.24, 2.45) is 5.73 Å². The number of nitrogens with one attached hydrogen (secondary N) is 1. The third-order valence-corrected chi connectivity index (χ3v) is 4.51. The van der Waals surface area contributed by atoms with Crippen LogP contribution in [0.4, 0.5) is 0 Å². The van der Waals surface area contributed by atoms with E-state index in [0.29, 0.717) is 5.56 Å². The van der Waals surface area contributed by atoms with Gasteiger partial charge in [-0.05, 0) is 31.0 Å².